The summed E-state index contributed by atoms with van der Waals surface area (Å²) in [7, 11) is 0. The lowest BCUT2D eigenvalue weighted by Crippen LogP contribution is -2.28. The molecule has 1 rings (SSSR count). The summed E-state index contributed by atoms with van der Waals surface area (Å²) in [4.78, 5) is 0. The topological polar surface area (TPSA) is 41.5 Å². The first-order chi connectivity index (χ1) is 7.67. The van der Waals surface area contributed by atoms with Gasteiger partial charge in [-0.3, -0.25) is 0 Å². The number of benzene rings is 1. The third kappa shape index (κ3) is 3.83. The van der Waals surface area contributed by atoms with E-state index in [1.807, 2.05) is 26.8 Å². The van der Waals surface area contributed by atoms with Gasteiger partial charge >= 0.3 is 0 Å². The zero-order chi connectivity index (χ0) is 12.0. The Morgan fingerprint density at radius 2 is 2.19 bits per heavy atom. The van der Waals surface area contributed by atoms with Gasteiger partial charge in [0.1, 0.15) is 5.75 Å². The van der Waals surface area contributed by atoms with Crippen LogP contribution in [0.25, 0.3) is 0 Å². The van der Waals surface area contributed by atoms with Gasteiger partial charge in [-0.05, 0) is 38.0 Å². The molecule has 0 radical (unpaired) electrons. The largest absolute Gasteiger partial charge is 0.494 e. The third-order valence-corrected chi connectivity index (χ3v) is 2.47. The predicted molar refractivity (Wildman–Crippen MR) is 65.7 cm³/mol. The second kappa shape index (κ2) is 6.51. The minimum atomic E-state index is 0.131. The van der Waals surface area contributed by atoms with Crippen LogP contribution in [-0.4, -0.2) is 24.4 Å². The van der Waals surface area contributed by atoms with Gasteiger partial charge in [0.2, 0.25) is 0 Å². The predicted octanol–water partition coefficient (Wildman–Crippen LogP) is 1.86. The molecular formula is C13H21NO2. The highest BCUT2D eigenvalue weighted by molar-refractivity contribution is 5.36. The molecule has 0 aromatic heterocycles. The average molecular weight is 223 g/mol. The maximum atomic E-state index is 8.90. The molecule has 16 heavy (non-hydrogen) atoms. The van der Waals surface area contributed by atoms with Gasteiger partial charge in [0, 0.05) is 12.6 Å². The number of rotatable bonds is 6. The van der Waals surface area contributed by atoms with Gasteiger partial charge < -0.3 is 15.2 Å². The zero-order valence-corrected chi connectivity index (χ0v) is 10.3. The molecule has 0 saturated carbocycles. The number of aliphatic hydroxyl groups is 1. The second-order valence-electron chi connectivity index (χ2n) is 4.00. The third-order valence-electron chi connectivity index (χ3n) is 2.47. The molecule has 2 N–H and O–H groups in total. The number of aryl methyl sites for hydroxylation is 1. The number of ether oxygens (including phenoxy) is 1. The summed E-state index contributed by atoms with van der Waals surface area (Å²) in [6.45, 7) is 7.62. The van der Waals surface area contributed by atoms with E-state index >= 15 is 0 Å². The van der Waals surface area contributed by atoms with Crippen LogP contribution in [-0.2, 0) is 6.54 Å². The Labute approximate surface area is 97.4 Å². The molecule has 0 amide bonds. The Morgan fingerprint density at radius 3 is 2.75 bits per heavy atom. The molecule has 1 aromatic carbocycles. The summed E-state index contributed by atoms with van der Waals surface area (Å²) in [5, 5.41) is 12.1. The summed E-state index contributed by atoms with van der Waals surface area (Å²) in [6.07, 6.45) is 0. The van der Waals surface area contributed by atoms with Crippen LogP contribution in [0.3, 0.4) is 0 Å². The van der Waals surface area contributed by atoms with Crippen LogP contribution < -0.4 is 10.1 Å². The maximum absolute atomic E-state index is 8.90. The molecule has 0 aliphatic heterocycles. The highest BCUT2D eigenvalue weighted by Crippen LogP contribution is 2.18. The lowest BCUT2D eigenvalue weighted by molar-refractivity contribution is 0.251. The lowest BCUT2D eigenvalue weighted by atomic mass is 10.1. The van der Waals surface area contributed by atoms with Gasteiger partial charge in [-0.25, -0.2) is 0 Å². The molecule has 0 fully saturated rings. The molecule has 90 valence electrons. The van der Waals surface area contributed by atoms with Crippen LogP contribution in [0.5, 0.6) is 5.75 Å². The first-order valence-corrected chi connectivity index (χ1v) is 5.74. The summed E-state index contributed by atoms with van der Waals surface area (Å²) in [5.74, 6) is 0.946. The molecule has 1 atom stereocenters. The average Bonchev–Trinajstić information content (AvgIpc) is 2.29. The Hall–Kier alpha value is -1.06. The SMILES string of the molecule is CCOc1ccc(CNC(C)CO)cc1C. The Kier molecular flexibility index (Phi) is 5.29. The fourth-order valence-corrected chi connectivity index (χ4v) is 1.50. The molecular weight excluding hydrogens is 202 g/mol. The fraction of sp³-hybridized carbons (Fsp3) is 0.538. The Morgan fingerprint density at radius 1 is 1.44 bits per heavy atom. The molecule has 0 spiro atoms. The van der Waals surface area contributed by atoms with Crippen molar-refractivity contribution in [1.82, 2.24) is 5.32 Å². The van der Waals surface area contributed by atoms with Crippen LogP contribution >= 0.6 is 0 Å². The second-order valence-corrected chi connectivity index (χ2v) is 4.00. The van der Waals surface area contributed by atoms with E-state index in [0.29, 0.717) is 6.61 Å². The van der Waals surface area contributed by atoms with Crippen molar-refractivity contribution in [3.63, 3.8) is 0 Å². The van der Waals surface area contributed by atoms with E-state index in [4.69, 9.17) is 9.84 Å². The normalized spacial score (nSPS) is 12.5. The monoisotopic (exact) mass is 223 g/mol. The van der Waals surface area contributed by atoms with Crippen LogP contribution in [0.4, 0.5) is 0 Å². The Balaban J connectivity index is 2.59. The van der Waals surface area contributed by atoms with Crippen molar-refractivity contribution in [2.75, 3.05) is 13.2 Å². The molecule has 3 nitrogen and oxygen atoms in total. The molecule has 1 unspecified atom stereocenters. The summed E-state index contributed by atoms with van der Waals surface area (Å²) < 4.78 is 5.48. The maximum Gasteiger partial charge on any atom is 0.122 e. The first kappa shape index (κ1) is 13.0. The van der Waals surface area contributed by atoms with Gasteiger partial charge in [-0.2, -0.15) is 0 Å². The van der Waals surface area contributed by atoms with Crippen LogP contribution in [0.2, 0.25) is 0 Å². The summed E-state index contributed by atoms with van der Waals surface area (Å²) >= 11 is 0. The standard InChI is InChI=1S/C13H21NO2/c1-4-16-13-6-5-12(7-10(13)2)8-14-11(3)9-15/h5-7,11,14-15H,4,8-9H2,1-3H3. The number of hydrogen-bond donors (Lipinski definition) is 2. The molecule has 0 saturated heterocycles. The van der Waals surface area contributed by atoms with E-state index in [1.165, 1.54) is 5.56 Å². The molecule has 0 heterocycles. The number of hydrogen-bond acceptors (Lipinski definition) is 3. The van der Waals surface area contributed by atoms with Gasteiger partial charge in [0.25, 0.3) is 0 Å². The van der Waals surface area contributed by atoms with E-state index in [1.54, 1.807) is 0 Å². The fourth-order valence-electron chi connectivity index (χ4n) is 1.50. The van der Waals surface area contributed by atoms with Crippen LogP contribution in [0.15, 0.2) is 18.2 Å². The molecule has 0 bridgehead atoms. The highest BCUT2D eigenvalue weighted by atomic mass is 16.5. The number of nitrogens with one attached hydrogen (secondary N) is 1. The van der Waals surface area contributed by atoms with E-state index in [-0.39, 0.29) is 12.6 Å². The molecule has 1 aromatic rings. The van der Waals surface area contributed by atoms with Gasteiger partial charge in [0.05, 0.1) is 13.2 Å². The van der Waals surface area contributed by atoms with Gasteiger partial charge in [-0.15, -0.1) is 0 Å². The van der Waals surface area contributed by atoms with E-state index < -0.39 is 0 Å². The van der Waals surface area contributed by atoms with Crippen molar-refractivity contribution < 1.29 is 9.84 Å². The van der Waals surface area contributed by atoms with Crippen molar-refractivity contribution in [2.24, 2.45) is 0 Å². The van der Waals surface area contributed by atoms with Gasteiger partial charge in [0.15, 0.2) is 0 Å². The lowest BCUT2D eigenvalue weighted by Gasteiger charge is -2.12. The number of aliphatic hydroxyl groups excluding tert-OH is 1. The summed E-state index contributed by atoms with van der Waals surface area (Å²) in [5.41, 5.74) is 2.36. The quantitative estimate of drug-likeness (QED) is 0.773. The minimum absolute atomic E-state index is 0.131. The highest BCUT2D eigenvalue weighted by Gasteiger charge is 2.02. The first-order valence-electron chi connectivity index (χ1n) is 5.74. The van der Waals surface area contributed by atoms with Crippen LogP contribution in [0.1, 0.15) is 25.0 Å². The van der Waals surface area contributed by atoms with Gasteiger partial charge in [-0.1, -0.05) is 12.1 Å². The van der Waals surface area contributed by atoms with E-state index in [0.717, 1.165) is 17.9 Å². The van der Waals surface area contributed by atoms with Crippen molar-refractivity contribution in [3.05, 3.63) is 29.3 Å². The summed E-state index contributed by atoms with van der Waals surface area (Å²) in [6, 6.07) is 6.29. The van der Waals surface area contributed by atoms with Crippen molar-refractivity contribution in [1.29, 1.82) is 0 Å². The molecule has 3 heteroatoms. The van der Waals surface area contributed by atoms with Crippen LogP contribution in [0, 0.1) is 6.92 Å². The van der Waals surface area contributed by atoms with E-state index in [9.17, 15) is 0 Å². The molecule has 0 aliphatic rings. The van der Waals surface area contributed by atoms with Crippen molar-refractivity contribution in [3.8, 4) is 5.75 Å². The van der Waals surface area contributed by atoms with Crippen molar-refractivity contribution in [2.45, 2.75) is 33.4 Å². The molecule has 0 aliphatic carbocycles. The minimum Gasteiger partial charge on any atom is -0.494 e. The van der Waals surface area contributed by atoms with E-state index in [2.05, 4.69) is 17.4 Å². The van der Waals surface area contributed by atoms with Crippen molar-refractivity contribution >= 4 is 0 Å². The smallest absolute Gasteiger partial charge is 0.122 e. The zero-order valence-electron chi connectivity index (χ0n) is 10.3. The Bertz CT molecular complexity index is 326.